The Morgan fingerprint density at radius 3 is 2.45 bits per heavy atom. The average Bonchev–Trinajstić information content (AvgIpc) is 3.15. The van der Waals surface area contributed by atoms with Gasteiger partial charge in [-0.25, -0.2) is 13.6 Å². The summed E-state index contributed by atoms with van der Waals surface area (Å²) in [6.45, 7) is 2.38. The Kier molecular flexibility index (Phi) is 4.30. The van der Waals surface area contributed by atoms with Crippen molar-refractivity contribution < 1.29 is 13.2 Å². The van der Waals surface area contributed by atoms with Crippen LogP contribution in [-0.2, 0) is 10.0 Å². The highest BCUT2D eigenvalue weighted by Crippen LogP contribution is 2.33. The first-order chi connectivity index (χ1) is 9.25. The van der Waals surface area contributed by atoms with Gasteiger partial charge in [-0.15, -0.1) is 0 Å². The molecule has 0 aromatic heterocycles. The molecule has 1 aromatic rings. The summed E-state index contributed by atoms with van der Waals surface area (Å²) >= 11 is 11.9. The van der Waals surface area contributed by atoms with Gasteiger partial charge < -0.3 is 4.90 Å². The Morgan fingerprint density at radius 1 is 1.40 bits per heavy atom. The van der Waals surface area contributed by atoms with Gasteiger partial charge in [0.2, 0.25) is 10.0 Å². The van der Waals surface area contributed by atoms with E-state index in [0.29, 0.717) is 6.54 Å². The fourth-order valence-electron chi connectivity index (χ4n) is 2.04. The van der Waals surface area contributed by atoms with E-state index in [1.54, 1.807) is 4.90 Å². The van der Waals surface area contributed by atoms with Gasteiger partial charge in [0.15, 0.2) is 0 Å². The number of benzene rings is 1. The minimum absolute atomic E-state index is 0.0666. The van der Waals surface area contributed by atoms with E-state index in [1.807, 2.05) is 6.92 Å². The van der Waals surface area contributed by atoms with Crippen molar-refractivity contribution in [2.75, 3.05) is 6.54 Å². The third-order valence-electron chi connectivity index (χ3n) is 3.13. The van der Waals surface area contributed by atoms with Crippen molar-refractivity contribution in [3.05, 3.63) is 27.7 Å². The van der Waals surface area contributed by atoms with Crippen molar-refractivity contribution in [3.63, 3.8) is 0 Å². The SMILES string of the molecule is CCN(C(=O)c1cc(Cl)cc(S(N)(=O)=O)c1Cl)C1CC1. The largest absolute Gasteiger partial charge is 0.336 e. The maximum absolute atomic E-state index is 12.5. The molecule has 20 heavy (non-hydrogen) atoms. The Hall–Kier alpha value is -0.820. The second-order valence-corrected chi connectivity index (χ2v) is 6.98. The Bertz CT molecular complexity index is 657. The van der Waals surface area contributed by atoms with Gasteiger partial charge >= 0.3 is 0 Å². The topological polar surface area (TPSA) is 80.5 Å². The highest BCUT2D eigenvalue weighted by atomic mass is 35.5. The van der Waals surface area contributed by atoms with Gasteiger partial charge in [0.1, 0.15) is 4.90 Å². The highest BCUT2D eigenvalue weighted by molar-refractivity contribution is 7.89. The molecule has 0 radical (unpaired) electrons. The lowest BCUT2D eigenvalue weighted by atomic mass is 10.2. The molecule has 0 saturated heterocycles. The number of halogens is 2. The summed E-state index contributed by atoms with van der Waals surface area (Å²) in [4.78, 5) is 13.8. The fourth-order valence-corrected chi connectivity index (χ4v) is 3.48. The molecule has 5 nitrogen and oxygen atoms in total. The minimum atomic E-state index is -4.04. The van der Waals surface area contributed by atoms with Crippen LogP contribution in [0.4, 0.5) is 0 Å². The van der Waals surface area contributed by atoms with Crippen molar-refractivity contribution in [1.29, 1.82) is 0 Å². The Balaban J connectivity index is 2.51. The van der Waals surface area contributed by atoms with Gasteiger partial charge in [0.05, 0.1) is 10.6 Å². The third-order valence-corrected chi connectivity index (χ3v) is 4.80. The highest BCUT2D eigenvalue weighted by Gasteiger charge is 2.33. The molecule has 2 rings (SSSR count). The van der Waals surface area contributed by atoms with Crippen LogP contribution in [0.2, 0.25) is 10.0 Å². The van der Waals surface area contributed by atoms with Gasteiger partial charge in [0, 0.05) is 17.6 Å². The second kappa shape index (κ2) is 5.52. The molecule has 2 N–H and O–H groups in total. The predicted molar refractivity (Wildman–Crippen MR) is 77.6 cm³/mol. The zero-order valence-corrected chi connectivity index (χ0v) is 13.1. The van der Waals surface area contributed by atoms with Gasteiger partial charge in [0.25, 0.3) is 5.91 Å². The van der Waals surface area contributed by atoms with Crippen LogP contribution in [0.15, 0.2) is 17.0 Å². The molecule has 0 heterocycles. The summed E-state index contributed by atoms with van der Waals surface area (Å²) in [5.41, 5.74) is 0.0666. The van der Waals surface area contributed by atoms with Crippen LogP contribution in [0.1, 0.15) is 30.1 Å². The zero-order valence-electron chi connectivity index (χ0n) is 10.8. The van der Waals surface area contributed by atoms with Crippen LogP contribution < -0.4 is 5.14 Å². The molecular formula is C12H14Cl2N2O3S. The van der Waals surface area contributed by atoms with Crippen LogP contribution >= 0.6 is 23.2 Å². The summed E-state index contributed by atoms with van der Waals surface area (Å²) in [6, 6.07) is 2.70. The first-order valence-electron chi connectivity index (χ1n) is 6.08. The maximum Gasteiger partial charge on any atom is 0.255 e. The first-order valence-corrected chi connectivity index (χ1v) is 8.38. The lowest BCUT2D eigenvalue weighted by molar-refractivity contribution is 0.0752. The van der Waals surface area contributed by atoms with Crippen LogP contribution in [0, 0.1) is 0 Å². The molecule has 1 fully saturated rings. The van der Waals surface area contributed by atoms with E-state index >= 15 is 0 Å². The van der Waals surface area contributed by atoms with Crippen molar-refractivity contribution in [1.82, 2.24) is 4.90 Å². The molecule has 1 saturated carbocycles. The van der Waals surface area contributed by atoms with E-state index in [-0.39, 0.29) is 32.5 Å². The van der Waals surface area contributed by atoms with E-state index in [4.69, 9.17) is 28.3 Å². The second-order valence-electron chi connectivity index (χ2n) is 4.63. The van der Waals surface area contributed by atoms with E-state index in [9.17, 15) is 13.2 Å². The molecule has 8 heteroatoms. The number of nitrogens with two attached hydrogens (primary N) is 1. The number of carbonyl (C=O) groups is 1. The maximum atomic E-state index is 12.5. The standard InChI is InChI=1S/C12H14Cl2N2O3S/c1-2-16(8-3-4-8)12(17)9-5-7(13)6-10(11(9)14)20(15,18)19/h5-6,8H,2-4H2,1H3,(H2,15,18,19). The minimum Gasteiger partial charge on any atom is -0.336 e. The summed E-state index contributed by atoms with van der Waals surface area (Å²) in [5.74, 6) is -0.326. The van der Waals surface area contributed by atoms with Crippen molar-refractivity contribution >= 4 is 39.1 Å². The number of carbonyl (C=O) groups excluding carboxylic acids is 1. The molecule has 0 unspecified atom stereocenters. The van der Waals surface area contributed by atoms with Crippen LogP contribution in [0.3, 0.4) is 0 Å². The Labute approximate surface area is 127 Å². The smallest absolute Gasteiger partial charge is 0.255 e. The molecule has 0 aliphatic heterocycles. The van der Waals surface area contributed by atoms with E-state index in [1.165, 1.54) is 6.07 Å². The van der Waals surface area contributed by atoms with E-state index in [0.717, 1.165) is 18.9 Å². The van der Waals surface area contributed by atoms with Crippen molar-refractivity contribution in [3.8, 4) is 0 Å². The number of hydrogen-bond acceptors (Lipinski definition) is 3. The molecular weight excluding hydrogens is 323 g/mol. The molecule has 1 aliphatic rings. The van der Waals surface area contributed by atoms with Crippen LogP contribution in [-0.4, -0.2) is 31.8 Å². The Morgan fingerprint density at radius 2 is 2.00 bits per heavy atom. The van der Waals surface area contributed by atoms with E-state index < -0.39 is 10.0 Å². The predicted octanol–water partition coefficient (Wildman–Crippen LogP) is 2.27. The molecule has 0 atom stereocenters. The number of rotatable bonds is 4. The molecule has 1 aliphatic carbocycles. The third kappa shape index (κ3) is 3.09. The molecule has 1 amide bonds. The van der Waals surface area contributed by atoms with Crippen LogP contribution in [0.25, 0.3) is 0 Å². The number of primary sulfonamides is 1. The average molecular weight is 337 g/mol. The summed E-state index contributed by atoms with van der Waals surface area (Å²) < 4.78 is 23.0. The number of nitrogens with zero attached hydrogens (tertiary/aromatic N) is 1. The zero-order chi connectivity index (χ0) is 15.1. The number of amides is 1. The quantitative estimate of drug-likeness (QED) is 0.915. The number of hydrogen-bond donors (Lipinski definition) is 1. The van der Waals surface area contributed by atoms with Crippen molar-refractivity contribution in [2.24, 2.45) is 5.14 Å². The lowest BCUT2D eigenvalue weighted by Gasteiger charge is -2.21. The van der Waals surface area contributed by atoms with E-state index in [2.05, 4.69) is 0 Å². The van der Waals surface area contributed by atoms with Gasteiger partial charge in [-0.05, 0) is 31.9 Å². The van der Waals surface area contributed by atoms with Crippen molar-refractivity contribution in [2.45, 2.75) is 30.7 Å². The normalized spacial score (nSPS) is 15.2. The van der Waals surface area contributed by atoms with Gasteiger partial charge in [-0.1, -0.05) is 23.2 Å². The molecule has 0 spiro atoms. The van der Waals surface area contributed by atoms with Gasteiger partial charge in [-0.3, -0.25) is 4.79 Å². The summed E-state index contributed by atoms with van der Waals surface area (Å²) in [5, 5.41) is 5.01. The number of sulfonamides is 1. The van der Waals surface area contributed by atoms with Crippen LogP contribution in [0.5, 0.6) is 0 Å². The molecule has 110 valence electrons. The lowest BCUT2D eigenvalue weighted by Crippen LogP contribution is -2.33. The summed E-state index contributed by atoms with van der Waals surface area (Å²) in [7, 11) is -4.04. The molecule has 1 aromatic carbocycles. The van der Waals surface area contributed by atoms with Gasteiger partial charge in [-0.2, -0.15) is 0 Å². The summed E-state index contributed by atoms with van der Waals surface area (Å²) in [6.07, 6.45) is 1.89. The fraction of sp³-hybridized carbons (Fsp3) is 0.417. The monoisotopic (exact) mass is 336 g/mol. The molecule has 0 bridgehead atoms. The first kappa shape index (κ1) is 15.6.